The highest BCUT2D eigenvalue weighted by Gasteiger charge is 2.10. The Hall–Kier alpha value is -1.28. The first-order chi connectivity index (χ1) is 8.67. The smallest absolute Gasteiger partial charge is 0.118 e. The molecule has 0 spiro atoms. The fourth-order valence-electron chi connectivity index (χ4n) is 1.93. The Morgan fingerprint density at radius 1 is 1.33 bits per heavy atom. The molecule has 0 aromatic heterocycles. The summed E-state index contributed by atoms with van der Waals surface area (Å²) in [6, 6.07) is 8.75. The number of allylic oxidation sites excluding steroid dienone is 1. The Balaban J connectivity index is 2.69. The Morgan fingerprint density at radius 2 is 2.00 bits per heavy atom. The van der Waals surface area contributed by atoms with Crippen molar-refractivity contribution in [2.45, 2.75) is 39.2 Å². The van der Waals surface area contributed by atoms with Crippen molar-refractivity contribution in [2.75, 3.05) is 13.7 Å². The van der Waals surface area contributed by atoms with Gasteiger partial charge in [0, 0.05) is 6.04 Å². The first-order valence-corrected chi connectivity index (χ1v) is 6.69. The van der Waals surface area contributed by atoms with Crippen molar-refractivity contribution in [1.29, 1.82) is 0 Å². The van der Waals surface area contributed by atoms with E-state index >= 15 is 0 Å². The van der Waals surface area contributed by atoms with Crippen LogP contribution in [0.2, 0.25) is 0 Å². The maximum Gasteiger partial charge on any atom is 0.118 e. The van der Waals surface area contributed by atoms with Crippen molar-refractivity contribution in [3.05, 3.63) is 42.0 Å². The lowest BCUT2D eigenvalue weighted by Gasteiger charge is -2.19. The van der Waals surface area contributed by atoms with E-state index in [1.54, 1.807) is 7.11 Å². The normalized spacial score (nSPS) is 12.2. The van der Waals surface area contributed by atoms with E-state index in [1.165, 1.54) is 11.1 Å². The Bertz CT molecular complexity index is 356. The van der Waals surface area contributed by atoms with Crippen LogP contribution in [0.25, 0.3) is 0 Å². The fraction of sp³-hybridized carbons (Fsp3) is 0.500. The van der Waals surface area contributed by atoms with Crippen molar-refractivity contribution in [3.8, 4) is 5.75 Å². The number of hydrogen-bond donors (Lipinski definition) is 1. The molecule has 0 fully saturated rings. The van der Waals surface area contributed by atoms with Crippen LogP contribution >= 0.6 is 0 Å². The summed E-state index contributed by atoms with van der Waals surface area (Å²) in [5, 5.41) is 3.60. The predicted octanol–water partition coefficient (Wildman–Crippen LogP) is 4.09. The number of hydrogen-bond acceptors (Lipinski definition) is 2. The monoisotopic (exact) mass is 247 g/mol. The summed E-state index contributed by atoms with van der Waals surface area (Å²) in [5.41, 5.74) is 2.57. The molecule has 100 valence electrons. The van der Waals surface area contributed by atoms with Gasteiger partial charge in [0.05, 0.1) is 7.11 Å². The second-order valence-electron chi connectivity index (χ2n) is 4.78. The van der Waals surface area contributed by atoms with Gasteiger partial charge in [-0.05, 0) is 50.4 Å². The summed E-state index contributed by atoms with van der Waals surface area (Å²) in [6.07, 6.45) is 3.31. The molecule has 1 atom stereocenters. The lowest BCUT2D eigenvalue weighted by molar-refractivity contribution is 0.414. The topological polar surface area (TPSA) is 21.3 Å². The lowest BCUT2D eigenvalue weighted by Crippen LogP contribution is -2.22. The highest BCUT2D eigenvalue weighted by molar-refractivity contribution is 5.29. The molecular weight excluding hydrogens is 222 g/mol. The Kier molecular flexibility index (Phi) is 6.51. The average Bonchev–Trinajstić information content (AvgIpc) is 2.39. The molecule has 0 amide bonds. The van der Waals surface area contributed by atoms with Gasteiger partial charge < -0.3 is 10.1 Å². The second-order valence-corrected chi connectivity index (χ2v) is 4.78. The molecule has 0 aliphatic heterocycles. The Labute approximate surface area is 111 Å². The highest BCUT2D eigenvalue weighted by Crippen LogP contribution is 2.22. The molecular formula is C16H25NO. The minimum Gasteiger partial charge on any atom is -0.497 e. The van der Waals surface area contributed by atoms with Gasteiger partial charge in [-0.1, -0.05) is 24.6 Å². The number of nitrogens with one attached hydrogen (secondary N) is 1. The third-order valence-corrected chi connectivity index (χ3v) is 3.02. The minimum atomic E-state index is 0.410. The summed E-state index contributed by atoms with van der Waals surface area (Å²) in [6.45, 7) is 9.31. The maximum absolute atomic E-state index is 5.19. The summed E-state index contributed by atoms with van der Waals surface area (Å²) in [5.74, 6) is 0.910. The second kappa shape index (κ2) is 7.93. The van der Waals surface area contributed by atoms with E-state index in [0.717, 1.165) is 31.6 Å². The van der Waals surface area contributed by atoms with Crippen LogP contribution in [0.15, 0.2) is 36.4 Å². The van der Waals surface area contributed by atoms with Crippen molar-refractivity contribution >= 4 is 0 Å². The molecule has 2 nitrogen and oxygen atoms in total. The molecule has 1 unspecified atom stereocenters. The van der Waals surface area contributed by atoms with Gasteiger partial charge >= 0.3 is 0 Å². The summed E-state index contributed by atoms with van der Waals surface area (Å²) in [7, 11) is 1.70. The van der Waals surface area contributed by atoms with Crippen molar-refractivity contribution in [2.24, 2.45) is 0 Å². The third-order valence-electron chi connectivity index (χ3n) is 3.02. The van der Waals surface area contributed by atoms with Gasteiger partial charge in [-0.15, -0.1) is 6.58 Å². The molecule has 0 radical (unpaired) electrons. The summed E-state index contributed by atoms with van der Waals surface area (Å²) < 4.78 is 5.19. The zero-order chi connectivity index (χ0) is 13.4. The van der Waals surface area contributed by atoms with Crippen molar-refractivity contribution in [3.63, 3.8) is 0 Å². The first-order valence-electron chi connectivity index (χ1n) is 6.69. The van der Waals surface area contributed by atoms with E-state index in [2.05, 4.69) is 37.9 Å². The molecule has 0 aliphatic carbocycles. The standard InChI is InChI=1S/C16H25NO/c1-5-12-17-16(11-6-13(2)3)14-7-9-15(18-4)10-8-14/h7-10,16-17H,2,5-6,11-12H2,1,3-4H3. The molecule has 1 aromatic rings. The van der Waals surface area contributed by atoms with Crippen LogP contribution in [0.4, 0.5) is 0 Å². The van der Waals surface area contributed by atoms with Crippen LogP contribution in [0.5, 0.6) is 5.75 Å². The van der Waals surface area contributed by atoms with Gasteiger partial charge in [0.2, 0.25) is 0 Å². The highest BCUT2D eigenvalue weighted by atomic mass is 16.5. The number of benzene rings is 1. The van der Waals surface area contributed by atoms with E-state index in [9.17, 15) is 0 Å². The van der Waals surface area contributed by atoms with Crippen LogP contribution in [0.1, 0.15) is 44.7 Å². The lowest BCUT2D eigenvalue weighted by atomic mass is 9.99. The van der Waals surface area contributed by atoms with Gasteiger partial charge in [-0.3, -0.25) is 0 Å². The molecule has 2 heteroatoms. The molecule has 0 heterocycles. The van der Waals surface area contributed by atoms with Crippen LogP contribution < -0.4 is 10.1 Å². The number of rotatable bonds is 8. The molecule has 0 aliphatic rings. The van der Waals surface area contributed by atoms with E-state index in [-0.39, 0.29) is 0 Å². The van der Waals surface area contributed by atoms with Gasteiger partial charge in [-0.2, -0.15) is 0 Å². The number of ether oxygens (including phenoxy) is 1. The summed E-state index contributed by atoms with van der Waals surface area (Å²) >= 11 is 0. The quantitative estimate of drug-likeness (QED) is 0.699. The molecule has 1 N–H and O–H groups in total. The van der Waals surface area contributed by atoms with E-state index in [0.29, 0.717) is 6.04 Å². The van der Waals surface area contributed by atoms with Crippen molar-refractivity contribution in [1.82, 2.24) is 5.32 Å². The fourth-order valence-corrected chi connectivity index (χ4v) is 1.93. The number of methoxy groups -OCH3 is 1. The molecule has 1 aromatic carbocycles. The van der Waals surface area contributed by atoms with Gasteiger partial charge in [0.25, 0.3) is 0 Å². The largest absolute Gasteiger partial charge is 0.497 e. The summed E-state index contributed by atoms with van der Waals surface area (Å²) in [4.78, 5) is 0. The van der Waals surface area contributed by atoms with Gasteiger partial charge in [-0.25, -0.2) is 0 Å². The van der Waals surface area contributed by atoms with Crippen molar-refractivity contribution < 1.29 is 4.74 Å². The first kappa shape index (κ1) is 14.8. The molecule has 0 saturated carbocycles. The molecule has 18 heavy (non-hydrogen) atoms. The SMILES string of the molecule is C=C(C)CCC(NCCC)c1ccc(OC)cc1. The molecule has 0 bridgehead atoms. The van der Waals surface area contributed by atoms with Crippen LogP contribution in [0, 0.1) is 0 Å². The van der Waals surface area contributed by atoms with Gasteiger partial charge in [0.1, 0.15) is 5.75 Å². The van der Waals surface area contributed by atoms with Crippen LogP contribution in [-0.2, 0) is 0 Å². The Morgan fingerprint density at radius 3 is 2.50 bits per heavy atom. The zero-order valence-corrected chi connectivity index (χ0v) is 11.8. The minimum absolute atomic E-state index is 0.410. The van der Waals surface area contributed by atoms with Crippen LogP contribution in [-0.4, -0.2) is 13.7 Å². The third kappa shape index (κ3) is 4.92. The van der Waals surface area contributed by atoms with Gasteiger partial charge in [0.15, 0.2) is 0 Å². The molecule has 1 rings (SSSR count). The zero-order valence-electron chi connectivity index (χ0n) is 11.8. The van der Waals surface area contributed by atoms with Crippen LogP contribution in [0.3, 0.4) is 0 Å². The van der Waals surface area contributed by atoms with E-state index < -0.39 is 0 Å². The van der Waals surface area contributed by atoms with E-state index in [4.69, 9.17) is 4.74 Å². The maximum atomic E-state index is 5.19. The predicted molar refractivity (Wildman–Crippen MR) is 78.1 cm³/mol. The molecule has 0 saturated heterocycles. The van der Waals surface area contributed by atoms with E-state index in [1.807, 2.05) is 12.1 Å². The average molecular weight is 247 g/mol.